The average Bonchev–Trinajstić information content (AvgIpc) is 2.50. The number of anilines is 1. The van der Waals surface area contributed by atoms with E-state index in [4.69, 9.17) is 16.9 Å². The molecule has 1 aromatic rings. The SMILES string of the molecule is CCc1c(C#N)c(Cl)nc(N(C)CCC(=O)OC)c1C#N. The number of rotatable bonds is 5. The lowest BCUT2D eigenvalue weighted by molar-refractivity contribution is -0.140. The molecule has 1 rings (SSSR count). The van der Waals surface area contributed by atoms with Crippen molar-refractivity contribution >= 4 is 23.4 Å². The highest BCUT2D eigenvalue weighted by atomic mass is 35.5. The third-order valence-electron chi connectivity index (χ3n) is 3.06. The van der Waals surface area contributed by atoms with Gasteiger partial charge >= 0.3 is 5.97 Å². The Labute approximate surface area is 128 Å². The first kappa shape index (κ1) is 16.7. The summed E-state index contributed by atoms with van der Waals surface area (Å²) in [6, 6.07) is 4.05. The standard InChI is InChI=1S/C14H15ClN4O2/c1-4-9-10(7-16)13(15)18-14(11(9)8-17)19(2)6-5-12(20)21-3/h4-6H2,1-3H3. The number of hydrogen-bond donors (Lipinski definition) is 0. The molecule has 1 aromatic heterocycles. The van der Waals surface area contributed by atoms with Crippen LogP contribution in [0.5, 0.6) is 0 Å². The summed E-state index contributed by atoms with van der Waals surface area (Å²) in [5.41, 5.74) is 1.10. The number of pyridine rings is 1. The Morgan fingerprint density at radius 1 is 1.38 bits per heavy atom. The van der Waals surface area contributed by atoms with Crippen molar-refractivity contribution in [1.82, 2.24) is 4.98 Å². The molecule has 0 aliphatic rings. The minimum Gasteiger partial charge on any atom is -0.469 e. The Morgan fingerprint density at radius 3 is 2.48 bits per heavy atom. The molecule has 0 unspecified atom stereocenters. The van der Waals surface area contributed by atoms with Crippen LogP contribution in [-0.2, 0) is 16.0 Å². The number of nitrogens with zero attached hydrogens (tertiary/aromatic N) is 4. The predicted octanol–water partition coefficient (Wildman–Crippen LogP) is 2.04. The van der Waals surface area contributed by atoms with Crippen molar-refractivity contribution in [2.24, 2.45) is 0 Å². The maximum atomic E-state index is 11.2. The third-order valence-corrected chi connectivity index (χ3v) is 3.33. The van der Waals surface area contributed by atoms with Gasteiger partial charge in [-0.1, -0.05) is 18.5 Å². The van der Waals surface area contributed by atoms with Gasteiger partial charge in [0.25, 0.3) is 0 Å². The Bertz CT molecular complexity index is 631. The summed E-state index contributed by atoms with van der Waals surface area (Å²) in [5.74, 6) is 0.0121. The van der Waals surface area contributed by atoms with Crippen LogP contribution in [0.25, 0.3) is 0 Å². The van der Waals surface area contributed by atoms with Gasteiger partial charge in [0.1, 0.15) is 23.1 Å². The highest BCUT2D eigenvalue weighted by Crippen LogP contribution is 2.28. The summed E-state index contributed by atoms with van der Waals surface area (Å²) >= 11 is 6.02. The van der Waals surface area contributed by atoms with Gasteiger partial charge in [0.2, 0.25) is 0 Å². The minimum atomic E-state index is -0.351. The molecule has 110 valence electrons. The van der Waals surface area contributed by atoms with Crippen molar-refractivity contribution < 1.29 is 9.53 Å². The van der Waals surface area contributed by atoms with Gasteiger partial charge in [-0.25, -0.2) is 4.98 Å². The molecule has 1 heterocycles. The first-order chi connectivity index (χ1) is 9.99. The Hall–Kier alpha value is -2.31. The van der Waals surface area contributed by atoms with Crippen molar-refractivity contribution in [2.75, 3.05) is 25.6 Å². The van der Waals surface area contributed by atoms with Gasteiger partial charge in [-0.05, 0) is 12.0 Å². The zero-order chi connectivity index (χ0) is 16.0. The summed E-state index contributed by atoms with van der Waals surface area (Å²) in [6.07, 6.45) is 0.657. The maximum Gasteiger partial charge on any atom is 0.307 e. The Kier molecular flexibility index (Phi) is 5.95. The molecule has 6 nitrogen and oxygen atoms in total. The molecule has 0 saturated heterocycles. The number of halogens is 1. The summed E-state index contributed by atoms with van der Waals surface area (Å²) in [6.45, 7) is 2.17. The van der Waals surface area contributed by atoms with Crippen molar-refractivity contribution in [2.45, 2.75) is 19.8 Å². The molecular weight excluding hydrogens is 292 g/mol. The van der Waals surface area contributed by atoms with Crippen LogP contribution in [-0.4, -0.2) is 31.7 Å². The van der Waals surface area contributed by atoms with E-state index in [1.165, 1.54) is 7.11 Å². The van der Waals surface area contributed by atoms with Crippen molar-refractivity contribution in [3.63, 3.8) is 0 Å². The fourth-order valence-electron chi connectivity index (χ4n) is 1.92. The molecule has 0 amide bonds. The molecule has 0 aliphatic heterocycles. The molecule has 0 aromatic carbocycles. The maximum absolute atomic E-state index is 11.2. The molecule has 0 spiro atoms. The highest BCUT2D eigenvalue weighted by molar-refractivity contribution is 6.30. The number of esters is 1. The predicted molar refractivity (Wildman–Crippen MR) is 78.0 cm³/mol. The fraction of sp³-hybridized carbons (Fsp3) is 0.429. The third kappa shape index (κ3) is 3.62. The normalized spacial score (nSPS) is 9.62. The lowest BCUT2D eigenvalue weighted by Gasteiger charge is -2.21. The smallest absolute Gasteiger partial charge is 0.307 e. The van der Waals surface area contributed by atoms with E-state index >= 15 is 0 Å². The van der Waals surface area contributed by atoms with E-state index in [1.807, 2.05) is 13.0 Å². The second-order valence-electron chi connectivity index (χ2n) is 4.28. The molecule has 0 atom stereocenters. The van der Waals surface area contributed by atoms with Gasteiger partial charge in [-0.3, -0.25) is 4.79 Å². The average molecular weight is 307 g/mol. The van der Waals surface area contributed by atoms with E-state index < -0.39 is 0 Å². The summed E-state index contributed by atoms with van der Waals surface area (Å²) in [4.78, 5) is 17.0. The van der Waals surface area contributed by atoms with Crippen LogP contribution in [0.4, 0.5) is 5.82 Å². The topological polar surface area (TPSA) is 90.0 Å². The van der Waals surface area contributed by atoms with E-state index in [-0.39, 0.29) is 23.1 Å². The fourth-order valence-corrected chi connectivity index (χ4v) is 2.15. The van der Waals surface area contributed by atoms with Crippen LogP contribution in [0.1, 0.15) is 30.0 Å². The summed E-state index contributed by atoms with van der Waals surface area (Å²) in [7, 11) is 3.02. The van der Waals surface area contributed by atoms with Crippen LogP contribution in [0, 0.1) is 22.7 Å². The van der Waals surface area contributed by atoms with E-state index in [9.17, 15) is 10.1 Å². The van der Waals surface area contributed by atoms with E-state index in [2.05, 4.69) is 15.8 Å². The Balaban J connectivity index is 3.25. The molecular formula is C14H15ClN4O2. The van der Waals surface area contributed by atoms with Crippen LogP contribution in [0.3, 0.4) is 0 Å². The van der Waals surface area contributed by atoms with Crippen molar-refractivity contribution in [1.29, 1.82) is 10.5 Å². The number of hydrogen-bond acceptors (Lipinski definition) is 6. The quantitative estimate of drug-likeness (QED) is 0.611. The van der Waals surface area contributed by atoms with Gasteiger partial charge in [-0.2, -0.15) is 10.5 Å². The second-order valence-corrected chi connectivity index (χ2v) is 4.64. The molecule has 21 heavy (non-hydrogen) atoms. The zero-order valence-corrected chi connectivity index (χ0v) is 12.9. The highest BCUT2D eigenvalue weighted by Gasteiger charge is 2.20. The van der Waals surface area contributed by atoms with Crippen LogP contribution < -0.4 is 4.90 Å². The lowest BCUT2D eigenvalue weighted by atomic mass is 10.0. The Morgan fingerprint density at radius 2 is 2.00 bits per heavy atom. The summed E-state index contributed by atoms with van der Waals surface area (Å²) in [5, 5.41) is 18.5. The van der Waals surface area contributed by atoms with Crippen LogP contribution in [0.2, 0.25) is 5.15 Å². The zero-order valence-electron chi connectivity index (χ0n) is 12.1. The molecule has 0 saturated carbocycles. The largest absolute Gasteiger partial charge is 0.469 e. The van der Waals surface area contributed by atoms with Gasteiger partial charge in [0, 0.05) is 13.6 Å². The molecule has 0 N–H and O–H groups in total. The first-order valence-corrected chi connectivity index (χ1v) is 6.68. The van der Waals surface area contributed by atoms with Crippen LogP contribution in [0.15, 0.2) is 0 Å². The van der Waals surface area contributed by atoms with Crippen molar-refractivity contribution in [3.8, 4) is 12.1 Å². The van der Waals surface area contributed by atoms with Gasteiger partial charge in [0.05, 0.1) is 24.7 Å². The number of methoxy groups -OCH3 is 1. The van der Waals surface area contributed by atoms with Gasteiger partial charge in [0.15, 0.2) is 0 Å². The molecule has 0 radical (unpaired) electrons. The molecule has 7 heteroatoms. The number of carbonyl (C=O) groups is 1. The van der Waals surface area contributed by atoms with E-state index in [0.717, 1.165) is 0 Å². The minimum absolute atomic E-state index is 0.0632. The van der Waals surface area contributed by atoms with E-state index in [0.29, 0.717) is 29.9 Å². The lowest BCUT2D eigenvalue weighted by Crippen LogP contribution is -2.24. The molecule has 0 bridgehead atoms. The van der Waals surface area contributed by atoms with Gasteiger partial charge < -0.3 is 9.64 Å². The molecule has 0 aliphatic carbocycles. The van der Waals surface area contributed by atoms with E-state index in [1.54, 1.807) is 11.9 Å². The number of ether oxygens (including phenoxy) is 1. The van der Waals surface area contributed by atoms with Crippen molar-refractivity contribution in [3.05, 3.63) is 21.8 Å². The number of nitriles is 2. The monoisotopic (exact) mass is 306 g/mol. The second kappa shape index (κ2) is 7.47. The first-order valence-electron chi connectivity index (χ1n) is 6.30. The van der Waals surface area contributed by atoms with Gasteiger partial charge in [-0.15, -0.1) is 0 Å². The number of aromatic nitrogens is 1. The summed E-state index contributed by atoms with van der Waals surface area (Å²) < 4.78 is 4.58. The number of carbonyl (C=O) groups excluding carboxylic acids is 1. The molecule has 0 fully saturated rings. The van der Waals surface area contributed by atoms with Crippen LogP contribution >= 0.6 is 11.6 Å².